The molecule has 0 aliphatic carbocycles. The summed E-state index contributed by atoms with van der Waals surface area (Å²) in [5.74, 6) is -0.102. The topological polar surface area (TPSA) is 119 Å². The van der Waals surface area contributed by atoms with Crippen molar-refractivity contribution in [1.29, 1.82) is 0 Å². The van der Waals surface area contributed by atoms with Gasteiger partial charge in [0.25, 0.3) is 12.0 Å². The van der Waals surface area contributed by atoms with E-state index in [2.05, 4.69) is 15.0 Å². The number of aromatic nitrogens is 4. The molecule has 21 heavy (non-hydrogen) atoms. The molecule has 0 bridgehead atoms. The Kier molecular flexibility index (Phi) is 3.14. The summed E-state index contributed by atoms with van der Waals surface area (Å²) < 4.78 is 32.8. The largest absolute Gasteiger partial charge is 0.393 e. The van der Waals surface area contributed by atoms with E-state index >= 15 is 0 Å². The number of H-pyrrole nitrogens is 1. The molecule has 1 fully saturated rings. The van der Waals surface area contributed by atoms with Crippen molar-refractivity contribution in [2.45, 2.75) is 31.1 Å². The summed E-state index contributed by atoms with van der Waals surface area (Å²) in [5, 5.41) is 9.18. The Bertz CT molecular complexity index is 730. The second-order valence-corrected chi connectivity index (χ2v) is 4.91. The number of imidazole rings is 1. The van der Waals surface area contributed by atoms with Gasteiger partial charge >= 0.3 is 0 Å². The molecule has 0 amide bonds. The Labute approximate surface area is 116 Å². The molecule has 1 aliphatic rings. The van der Waals surface area contributed by atoms with Crippen LogP contribution in [0.5, 0.6) is 0 Å². The van der Waals surface area contributed by atoms with Crippen LogP contribution >= 0.6 is 0 Å². The van der Waals surface area contributed by atoms with E-state index < -0.39 is 30.4 Å². The molecular weight excluding hydrogens is 288 g/mol. The molecule has 0 aromatic carbocycles. The minimum Gasteiger partial charge on any atom is -0.393 e. The molecule has 4 N–H and O–H groups in total. The quantitative estimate of drug-likeness (QED) is 0.734. The lowest BCUT2D eigenvalue weighted by Crippen LogP contribution is -2.41. The number of hydrogen-bond acceptors (Lipinski definition) is 6. The number of nitrogens with two attached hydrogens (primary N) is 1. The highest BCUT2D eigenvalue weighted by Gasteiger charge is 2.48. The lowest BCUT2D eigenvalue weighted by atomic mass is 10.0. The van der Waals surface area contributed by atoms with Gasteiger partial charge in [0, 0.05) is 0 Å². The van der Waals surface area contributed by atoms with Crippen LogP contribution < -0.4 is 11.3 Å². The smallest absolute Gasteiger partial charge is 0.280 e. The zero-order valence-electron chi connectivity index (χ0n) is 10.8. The maximum absolute atomic E-state index is 13.1. The minimum atomic E-state index is -2.82. The van der Waals surface area contributed by atoms with Crippen LogP contribution in [0.2, 0.25) is 0 Å². The predicted octanol–water partition coefficient (Wildman–Crippen LogP) is 0.00700. The van der Waals surface area contributed by atoms with Gasteiger partial charge in [-0.1, -0.05) is 0 Å². The maximum atomic E-state index is 13.1. The van der Waals surface area contributed by atoms with E-state index in [1.807, 2.05) is 0 Å². The number of aromatic amines is 1. The average Bonchev–Trinajstić information content (AvgIpc) is 3.02. The molecule has 0 radical (unpaired) electrons. The molecule has 2 aromatic rings. The molecular formula is C11H13F2N5O3. The normalized spacial score (nSPS) is 26.0. The maximum Gasteiger partial charge on any atom is 0.280 e. The number of aliphatic hydroxyl groups excluding tert-OH is 1. The zero-order chi connectivity index (χ0) is 15.2. The third-order valence-electron chi connectivity index (χ3n) is 3.61. The number of halogens is 2. The number of nitrogen functional groups attached to an aromatic ring is 1. The SMILES string of the molecule is Nc1nc2c(ncn2C2CCC(CO)(C(F)F)O2)c(=O)[nH]1. The Morgan fingerprint density at radius 3 is 3.05 bits per heavy atom. The van der Waals surface area contributed by atoms with E-state index in [4.69, 9.17) is 10.5 Å². The van der Waals surface area contributed by atoms with Crippen molar-refractivity contribution in [1.82, 2.24) is 19.5 Å². The van der Waals surface area contributed by atoms with Gasteiger partial charge in [0.05, 0.1) is 12.9 Å². The zero-order valence-corrected chi connectivity index (χ0v) is 10.8. The summed E-state index contributed by atoms with van der Waals surface area (Å²) in [6.45, 7) is -0.788. The van der Waals surface area contributed by atoms with Crippen LogP contribution in [0, 0.1) is 0 Å². The van der Waals surface area contributed by atoms with E-state index in [1.165, 1.54) is 10.9 Å². The molecule has 2 unspecified atom stereocenters. The average molecular weight is 301 g/mol. The number of alkyl halides is 2. The second-order valence-electron chi connectivity index (χ2n) is 4.91. The van der Waals surface area contributed by atoms with Gasteiger partial charge in [-0.2, -0.15) is 4.98 Å². The van der Waals surface area contributed by atoms with Gasteiger partial charge in [-0.05, 0) is 12.8 Å². The number of ether oxygens (including phenoxy) is 1. The van der Waals surface area contributed by atoms with Crippen molar-refractivity contribution in [3.8, 4) is 0 Å². The molecule has 2 atom stereocenters. The molecule has 1 saturated heterocycles. The molecule has 114 valence electrons. The van der Waals surface area contributed by atoms with Crippen molar-refractivity contribution in [2.24, 2.45) is 0 Å². The molecule has 10 heteroatoms. The molecule has 1 aliphatic heterocycles. The van der Waals surface area contributed by atoms with Crippen molar-refractivity contribution >= 4 is 17.1 Å². The number of aliphatic hydroxyl groups is 1. The highest BCUT2D eigenvalue weighted by molar-refractivity contribution is 5.70. The summed E-state index contributed by atoms with van der Waals surface area (Å²) in [6.07, 6.45) is -2.08. The molecule has 2 aromatic heterocycles. The second kappa shape index (κ2) is 4.74. The number of anilines is 1. The summed E-state index contributed by atoms with van der Waals surface area (Å²) in [6, 6.07) is 0. The predicted molar refractivity (Wildman–Crippen MR) is 67.7 cm³/mol. The molecule has 3 heterocycles. The molecule has 0 saturated carbocycles. The Morgan fingerprint density at radius 2 is 2.43 bits per heavy atom. The van der Waals surface area contributed by atoms with E-state index in [-0.39, 0.29) is 30.0 Å². The number of nitrogens with one attached hydrogen (secondary N) is 1. The van der Waals surface area contributed by atoms with Crippen LogP contribution in [0.15, 0.2) is 11.1 Å². The summed E-state index contributed by atoms with van der Waals surface area (Å²) in [7, 11) is 0. The fourth-order valence-electron chi connectivity index (χ4n) is 2.45. The van der Waals surface area contributed by atoms with Crippen LogP contribution in [-0.4, -0.2) is 43.3 Å². The Balaban J connectivity index is 2.01. The first-order valence-corrected chi connectivity index (χ1v) is 6.26. The van der Waals surface area contributed by atoms with Crippen LogP contribution in [0.3, 0.4) is 0 Å². The Morgan fingerprint density at radius 1 is 1.67 bits per heavy atom. The monoisotopic (exact) mass is 301 g/mol. The lowest BCUT2D eigenvalue weighted by Gasteiger charge is -2.26. The summed E-state index contributed by atoms with van der Waals surface area (Å²) in [5.41, 5.74) is 3.26. The van der Waals surface area contributed by atoms with Crippen LogP contribution in [0.4, 0.5) is 14.7 Å². The fraction of sp³-hybridized carbons (Fsp3) is 0.545. The van der Waals surface area contributed by atoms with Gasteiger partial charge in [0.1, 0.15) is 6.23 Å². The van der Waals surface area contributed by atoms with E-state index in [9.17, 15) is 18.7 Å². The summed E-state index contributed by atoms with van der Waals surface area (Å²) >= 11 is 0. The van der Waals surface area contributed by atoms with E-state index in [1.54, 1.807) is 0 Å². The number of rotatable bonds is 3. The van der Waals surface area contributed by atoms with Gasteiger partial charge in [-0.15, -0.1) is 0 Å². The van der Waals surface area contributed by atoms with Crippen LogP contribution in [-0.2, 0) is 4.74 Å². The van der Waals surface area contributed by atoms with Gasteiger partial charge < -0.3 is 15.6 Å². The number of nitrogens with zero attached hydrogens (tertiary/aromatic N) is 3. The highest BCUT2D eigenvalue weighted by Crippen LogP contribution is 2.40. The third-order valence-corrected chi connectivity index (χ3v) is 3.61. The third kappa shape index (κ3) is 2.07. The Hall–Kier alpha value is -2.07. The van der Waals surface area contributed by atoms with Crippen molar-refractivity contribution in [2.75, 3.05) is 12.3 Å². The lowest BCUT2D eigenvalue weighted by molar-refractivity contribution is -0.168. The van der Waals surface area contributed by atoms with Gasteiger partial charge in [0.15, 0.2) is 16.8 Å². The highest BCUT2D eigenvalue weighted by atomic mass is 19.3. The molecule has 0 spiro atoms. The van der Waals surface area contributed by atoms with E-state index in [0.717, 1.165) is 0 Å². The van der Waals surface area contributed by atoms with Crippen molar-refractivity contribution in [3.05, 3.63) is 16.7 Å². The van der Waals surface area contributed by atoms with Crippen molar-refractivity contribution < 1.29 is 18.6 Å². The van der Waals surface area contributed by atoms with E-state index in [0.29, 0.717) is 0 Å². The first kappa shape index (κ1) is 13.9. The van der Waals surface area contributed by atoms with Crippen molar-refractivity contribution in [3.63, 3.8) is 0 Å². The first-order chi connectivity index (χ1) is 9.97. The van der Waals surface area contributed by atoms with Crippen LogP contribution in [0.25, 0.3) is 11.2 Å². The van der Waals surface area contributed by atoms with Gasteiger partial charge in [-0.25, -0.2) is 13.8 Å². The van der Waals surface area contributed by atoms with Gasteiger partial charge in [-0.3, -0.25) is 14.3 Å². The number of fused-ring (bicyclic) bond motifs is 1. The summed E-state index contributed by atoms with van der Waals surface area (Å²) in [4.78, 5) is 21.8. The number of hydrogen-bond donors (Lipinski definition) is 3. The molecule has 8 nitrogen and oxygen atoms in total. The fourth-order valence-corrected chi connectivity index (χ4v) is 2.45. The standard InChI is InChI=1S/C11H13F2N5O3/c12-9(13)11(3-19)2-1-5(21-11)18-4-15-6-7(18)16-10(14)17-8(6)20/h4-5,9,19H,1-3H2,(H3,14,16,17,20). The molecule has 3 rings (SSSR count). The minimum absolute atomic E-state index is 0.00974. The van der Waals surface area contributed by atoms with Gasteiger partial charge in [0.2, 0.25) is 5.95 Å². The first-order valence-electron chi connectivity index (χ1n) is 6.26. The van der Waals surface area contributed by atoms with Crippen LogP contribution in [0.1, 0.15) is 19.1 Å².